The monoisotopic (exact) mass is 699 g/mol. The third-order valence-electron chi connectivity index (χ3n) is 9.15. The molecule has 0 unspecified atom stereocenters. The molecule has 14 heteroatoms. The van der Waals surface area contributed by atoms with Crippen LogP contribution in [0.5, 0.6) is 11.5 Å². The lowest BCUT2D eigenvalue weighted by Gasteiger charge is -2.35. The third kappa shape index (κ3) is 6.50. The molecular formula is C36H35F2N7O4S. The number of halogens is 2. The van der Waals surface area contributed by atoms with E-state index >= 15 is 4.39 Å². The van der Waals surface area contributed by atoms with Crippen LogP contribution < -0.4 is 14.4 Å². The van der Waals surface area contributed by atoms with Gasteiger partial charge < -0.3 is 29.2 Å². The van der Waals surface area contributed by atoms with Crippen molar-refractivity contribution in [2.75, 3.05) is 58.4 Å². The van der Waals surface area contributed by atoms with Gasteiger partial charge in [-0.1, -0.05) is 6.08 Å². The van der Waals surface area contributed by atoms with Crippen LogP contribution in [-0.2, 0) is 11.2 Å². The van der Waals surface area contributed by atoms with Crippen molar-refractivity contribution in [2.24, 2.45) is 0 Å². The quantitative estimate of drug-likeness (QED) is 0.212. The molecular weight excluding hydrogens is 665 g/mol. The standard InChI is InChI=1S/C36H35F2N7O4S/c1-48-29-7-8-39-20-27(29)25-17-24(22-4-3-10-45(21-22)32(46)6-5-31-40-9-15-50-31)33(38)34-26(25)18-28(42-34)36(47)44-13-11-43(12-14-44)35-30(49-2)16-23(37)19-41-35/h4,7-9,15-20,42H,3,5-6,10-14,21H2,1-2H3. The highest BCUT2D eigenvalue weighted by atomic mass is 32.1. The first kappa shape index (κ1) is 33.1. The molecule has 50 heavy (non-hydrogen) atoms. The molecule has 4 aromatic heterocycles. The first-order valence-electron chi connectivity index (χ1n) is 16.3. The predicted octanol–water partition coefficient (Wildman–Crippen LogP) is 5.59. The summed E-state index contributed by atoms with van der Waals surface area (Å²) in [7, 11) is 3.02. The molecule has 0 spiro atoms. The maximum absolute atomic E-state index is 16.6. The molecule has 7 rings (SSSR count). The maximum Gasteiger partial charge on any atom is 0.270 e. The smallest absolute Gasteiger partial charge is 0.270 e. The summed E-state index contributed by atoms with van der Waals surface area (Å²) in [6.45, 7) is 2.44. The number of piperazine rings is 1. The second kappa shape index (κ2) is 14.2. The number of hydrogen-bond acceptors (Lipinski definition) is 9. The molecule has 0 bridgehead atoms. The number of carbonyl (C=O) groups excluding carboxylic acids is 2. The SMILES string of the molecule is COc1ccncc1-c1cc(C2=CCCN(C(=O)CCc3nccs3)C2)c(F)c2[nH]c(C(=O)N3CCN(c4ncc(F)cc4OC)CC3)cc12. The normalized spacial score (nSPS) is 15.0. The minimum absolute atomic E-state index is 0.0112. The number of ether oxygens (including phenoxy) is 2. The fraction of sp³-hybridized carbons (Fsp3) is 0.306. The average Bonchev–Trinajstić information content (AvgIpc) is 3.85. The number of hydrogen-bond donors (Lipinski definition) is 1. The fourth-order valence-corrected chi connectivity index (χ4v) is 7.21. The van der Waals surface area contributed by atoms with Crippen LogP contribution in [0, 0.1) is 11.6 Å². The van der Waals surface area contributed by atoms with E-state index < -0.39 is 11.6 Å². The molecule has 2 aliphatic heterocycles. The Kier molecular flexibility index (Phi) is 9.44. The second-order valence-corrected chi connectivity index (χ2v) is 13.0. The minimum atomic E-state index is -0.506. The zero-order valence-corrected chi connectivity index (χ0v) is 28.4. The zero-order valence-electron chi connectivity index (χ0n) is 27.6. The summed E-state index contributed by atoms with van der Waals surface area (Å²) in [5, 5.41) is 3.30. The number of anilines is 1. The number of benzene rings is 1. The first-order chi connectivity index (χ1) is 24.3. The number of aromatic nitrogens is 4. The molecule has 2 amide bonds. The number of H-pyrrole nitrogens is 1. The molecule has 0 atom stereocenters. The molecule has 0 radical (unpaired) electrons. The van der Waals surface area contributed by atoms with Crippen LogP contribution in [0.15, 0.2) is 60.5 Å². The van der Waals surface area contributed by atoms with Crippen LogP contribution in [0.25, 0.3) is 27.6 Å². The Labute approximate surface area is 291 Å². The van der Waals surface area contributed by atoms with Gasteiger partial charge >= 0.3 is 0 Å². The molecule has 2 aliphatic rings. The number of methoxy groups -OCH3 is 2. The Hall–Kier alpha value is -5.37. The molecule has 5 aromatic rings. The van der Waals surface area contributed by atoms with E-state index in [0.717, 1.165) is 11.2 Å². The lowest BCUT2D eigenvalue weighted by Crippen LogP contribution is -2.49. The fourth-order valence-electron chi connectivity index (χ4n) is 6.59. The number of aryl methyl sites for hydroxylation is 1. The van der Waals surface area contributed by atoms with E-state index in [4.69, 9.17) is 9.47 Å². The summed E-state index contributed by atoms with van der Waals surface area (Å²) in [5.74, 6) is 0.0833. The van der Waals surface area contributed by atoms with E-state index in [9.17, 15) is 14.0 Å². The molecule has 258 valence electrons. The molecule has 11 nitrogen and oxygen atoms in total. The number of pyridine rings is 2. The number of amides is 2. The Morgan fingerprint density at radius 2 is 1.74 bits per heavy atom. The van der Waals surface area contributed by atoms with Gasteiger partial charge in [-0.15, -0.1) is 11.3 Å². The van der Waals surface area contributed by atoms with Gasteiger partial charge in [-0.25, -0.2) is 18.7 Å². The molecule has 0 saturated carbocycles. The van der Waals surface area contributed by atoms with Crippen molar-refractivity contribution in [3.8, 4) is 22.6 Å². The number of thiazole rings is 1. The Balaban J connectivity index is 1.18. The number of carbonyl (C=O) groups is 2. The Morgan fingerprint density at radius 1 is 0.920 bits per heavy atom. The van der Waals surface area contributed by atoms with Gasteiger partial charge in [0.25, 0.3) is 5.91 Å². The van der Waals surface area contributed by atoms with Crippen LogP contribution in [0.2, 0.25) is 0 Å². The number of rotatable bonds is 9. The highest BCUT2D eigenvalue weighted by Gasteiger charge is 2.29. The predicted molar refractivity (Wildman–Crippen MR) is 187 cm³/mol. The lowest BCUT2D eigenvalue weighted by atomic mass is 9.93. The van der Waals surface area contributed by atoms with E-state index in [-0.39, 0.29) is 29.6 Å². The van der Waals surface area contributed by atoms with Crippen molar-refractivity contribution in [1.82, 2.24) is 29.7 Å². The molecule has 1 aromatic carbocycles. The van der Waals surface area contributed by atoms with Crippen molar-refractivity contribution in [1.29, 1.82) is 0 Å². The van der Waals surface area contributed by atoms with Crippen molar-refractivity contribution in [2.45, 2.75) is 19.3 Å². The molecule has 0 aliphatic carbocycles. The summed E-state index contributed by atoms with van der Waals surface area (Å²) >= 11 is 1.52. The third-order valence-corrected chi connectivity index (χ3v) is 9.99. The number of nitrogens with zero attached hydrogens (tertiary/aromatic N) is 6. The van der Waals surface area contributed by atoms with E-state index in [0.29, 0.717) is 97.0 Å². The second-order valence-electron chi connectivity index (χ2n) is 12.1. The van der Waals surface area contributed by atoms with Gasteiger partial charge in [0.05, 0.1) is 30.9 Å². The Morgan fingerprint density at radius 3 is 2.50 bits per heavy atom. The summed E-state index contributed by atoms with van der Waals surface area (Å²) in [6.07, 6.45) is 9.58. The van der Waals surface area contributed by atoms with Gasteiger partial charge in [0.15, 0.2) is 17.4 Å². The topological polar surface area (TPSA) is 117 Å². The number of fused-ring (bicyclic) bond motifs is 1. The van der Waals surface area contributed by atoms with Crippen LogP contribution in [-0.4, -0.2) is 95.0 Å². The zero-order chi connectivity index (χ0) is 34.8. The van der Waals surface area contributed by atoms with E-state index in [2.05, 4.69) is 19.9 Å². The highest BCUT2D eigenvalue weighted by molar-refractivity contribution is 7.09. The molecule has 1 saturated heterocycles. The average molecular weight is 700 g/mol. The highest BCUT2D eigenvalue weighted by Crippen LogP contribution is 2.40. The van der Waals surface area contributed by atoms with Gasteiger partial charge in [-0.2, -0.15) is 0 Å². The first-order valence-corrected chi connectivity index (χ1v) is 17.2. The van der Waals surface area contributed by atoms with Crippen LogP contribution >= 0.6 is 11.3 Å². The molecule has 1 N–H and O–H groups in total. The van der Waals surface area contributed by atoms with Gasteiger partial charge in [0, 0.05) is 98.7 Å². The van der Waals surface area contributed by atoms with E-state index in [1.54, 1.807) is 53.7 Å². The summed E-state index contributed by atoms with van der Waals surface area (Å²) in [4.78, 5) is 48.4. The molecule has 1 fully saturated rings. The maximum atomic E-state index is 16.6. The van der Waals surface area contributed by atoms with Gasteiger partial charge in [-0.3, -0.25) is 14.6 Å². The lowest BCUT2D eigenvalue weighted by molar-refractivity contribution is -0.130. The van der Waals surface area contributed by atoms with Crippen molar-refractivity contribution in [3.05, 3.63) is 88.4 Å². The number of nitrogens with one attached hydrogen (secondary N) is 1. The van der Waals surface area contributed by atoms with Gasteiger partial charge in [-0.05, 0) is 35.8 Å². The van der Waals surface area contributed by atoms with Crippen molar-refractivity contribution < 1.29 is 27.8 Å². The van der Waals surface area contributed by atoms with E-state index in [1.807, 2.05) is 16.4 Å². The van der Waals surface area contributed by atoms with Crippen LogP contribution in [0.1, 0.15) is 33.9 Å². The van der Waals surface area contributed by atoms with Crippen LogP contribution in [0.3, 0.4) is 0 Å². The van der Waals surface area contributed by atoms with Crippen molar-refractivity contribution in [3.63, 3.8) is 0 Å². The van der Waals surface area contributed by atoms with Crippen LogP contribution in [0.4, 0.5) is 14.6 Å². The van der Waals surface area contributed by atoms with Gasteiger partial charge in [0.2, 0.25) is 5.91 Å². The largest absolute Gasteiger partial charge is 0.496 e. The summed E-state index contributed by atoms with van der Waals surface area (Å²) in [5.41, 5.74) is 2.73. The van der Waals surface area contributed by atoms with Gasteiger partial charge in [0.1, 0.15) is 17.3 Å². The Bertz CT molecular complexity index is 2080. The number of aromatic amines is 1. The van der Waals surface area contributed by atoms with E-state index in [1.165, 1.54) is 24.5 Å². The summed E-state index contributed by atoms with van der Waals surface area (Å²) in [6, 6.07) is 6.45. The summed E-state index contributed by atoms with van der Waals surface area (Å²) < 4.78 is 41.4. The van der Waals surface area contributed by atoms with Crippen molar-refractivity contribution >= 4 is 45.4 Å². The minimum Gasteiger partial charge on any atom is -0.496 e. The molecule has 6 heterocycles.